The lowest BCUT2D eigenvalue weighted by molar-refractivity contribution is -0.384. The molecule has 0 saturated carbocycles. The van der Waals surface area contributed by atoms with Crippen LogP contribution in [0.3, 0.4) is 0 Å². The van der Waals surface area contributed by atoms with E-state index in [0.717, 1.165) is 6.54 Å². The Hall–Kier alpha value is -1.33. The molecule has 1 unspecified atom stereocenters. The molecule has 0 fully saturated rings. The number of hydrogen-bond acceptors (Lipinski definition) is 4. The molecule has 5 nitrogen and oxygen atoms in total. The summed E-state index contributed by atoms with van der Waals surface area (Å²) in [7, 11) is 3.89. The third-order valence-electron chi connectivity index (χ3n) is 2.22. The maximum Gasteiger partial charge on any atom is 0.293 e. The predicted molar refractivity (Wildman–Crippen MR) is 69.7 cm³/mol. The standard InChI is InChI=1S/C11H16ClN3O2/c1-8(7-14(2)3)13-11-9(12)5-4-6-10(11)15(16)17/h4-6,8,13H,7H2,1-3H3. The van der Waals surface area contributed by atoms with Gasteiger partial charge in [-0.2, -0.15) is 0 Å². The van der Waals surface area contributed by atoms with E-state index < -0.39 is 4.92 Å². The van der Waals surface area contributed by atoms with Gasteiger partial charge in [0.05, 0.1) is 9.95 Å². The molecular weight excluding hydrogens is 242 g/mol. The highest BCUT2D eigenvalue weighted by Gasteiger charge is 2.18. The summed E-state index contributed by atoms with van der Waals surface area (Å²) in [5.41, 5.74) is 0.386. The van der Waals surface area contributed by atoms with Crippen molar-refractivity contribution in [2.45, 2.75) is 13.0 Å². The fourth-order valence-corrected chi connectivity index (χ4v) is 1.87. The monoisotopic (exact) mass is 257 g/mol. The summed E-state index contributed by atoms with van der Waals surface area (Å²) < 4.78 is 0. The fraction of sp³-hybridized carbons (Fsp3) is 0.455. The van der Waals surface area contributed by atoms with Gasteiger partial charge in [-0.05, 0) is 27.1 Å². The average molecular weight is 258 g/mol. The Bertz CT molecular complexity index is 410. The number of benzene rings is 1. The molecule has 0 spiro atoms. The zero-order valence-corrected chi connectivity index (χ0v) is 10.9. The lowest BCUT2D eigenvalue weighted by Crippen LogP contribution is -2.29. The number of para-hydroxylation sites is 1. The van der Waals surface area contributed by atoms with Crippen molar-refractivity contribution < 1.29 is 4.92 Å². The zero-order valence-electron chi connectivity index (χ0n) is 10.1. The predicted octanol–water partition coefficient (Wildman–Crippen LogP) is 2.61. The van der Waals surface area contributed by atoms with E-state index >= 15 is 0 Å². The van der Waals surface area contributed by atoms with Gasteiger partial charge in [-0.3, -0.25) is 10.1 Å². The molecular formula is C11H16ClN3O2. The number of hydrogen-bond donors (Lipinski definition) is 1. The van der Waals surface area contributed by atoms with Crippen molar-refractivity contribution in [2.75, 3.05) is 26.0 Å². The van der Waals surface area contributed by atoms with Crippen LogP contribution in [0.4, 0.5) is 11.4 Å². The number of halogens is 1. The van der Waals surface area contributed by atoms with Crippen molar-refractivity contribution in [3.8, 4) is 0 Å². The first-order chi connectivity index (χ1) is 7.91. The van der Waals surface area contributed by atoms with Crippen molar-refractivity contribution in [1.29, 1.82) is 0 Å². The average Bonchev–Trinajstić information content (AvgIpc) is 2.19. The molecule has 1 N–H and O–H groups in total. The second kappa shape index (κ2) is 5.84. The highest BCUT2D eigenvalue weighted by Crippen LogP contribution is 2.32. The number of likely N-dealkylation sites (N-methyl/N-ethyl adjacent to an activating group) is 1. The van der Waals surface area contributed by atoms with Crippen molar-refractivity contribution in [3.63, 3.8) is 0 Å². The highest BCUT2D eigenvalue weighted by molar-refractivity contribution is 6.33. The molecule has 1 aromatic carbocycles. The highest BCUT2D eigenvalue weighted by atomic mass is 35.5. The molecule has 1 rings (SSSR count). The molecule has 1 atom stereocenters. The van der Waals surface area contributed by atoms with Gasteiger partial charge in [0.1, 0.15) is 5.69 Å². The van der Waals surface area contributed by atoms with Crippen LogP contribution in [0.5, 0.6) is 0 Å². The first-order valence-corrected chi connectivity index (χ1v) is 5.63. The Morgan fingerprint density at radius 3 is 2.71 bits per heavy atom. The zero-order chi connectivity index (χ0) is 13.0. The maximum atomic E-state index is 10.9. The van der Waals surface area contributed by atoms with Gasteiger partial charge >= 0.3 is 0 Å². The molecule has 0 saturated heterocycles. The Balaban J connectivity index is 2.92. The normalized spacial score (nSPS) is 12.5. The summed E-state index contributed by atoms with van der Waals surface area (Å²) in [5.74, 6) is 0. The van der Waals surface area contributed by atoms with Crippen molar-refractivity contribution in [2.24, 2.45) is 0 Å². The lowest BCUT2D eigenvalue weighted by Gasteiger charge is -2.19. The molecule has 0 aromatic heterocycles. The minimum absolute atomic E-state index is 0.00288. The third-order valence-corrected chi connectivity index (χ3v) is 2.53. The summed E-state index contributed by atoms with van der Waals surface area (Å²) >= 11 is 5.97. The molecule has 6 heteroatoms. The summed E-state index contributed by atoms with van der Waals surface area (Å²) in [6, 6.07) is 4.72. The fourth-order valence-electron chi connectivity index (χ4n) is 1.65. The second-order valence-corrected chi connectivity index (χ2v) is 4.61. The van der Waals surface area contributed by atoms with Gasteiger partial charge in [0.15, 0.2) is 0 Å². The number of nitrogens with one attached hydrogen (secondary N) is 1. The molecule has 0 heterocycles. The summed E-state index contributed by atoms with van der Waals surface area (Å²) in [6.45, 7) is 2.72. The van der Waals surface area contributed by atoms with Crippen molar-refractivity contribution >= 4 is 23.0 Å². The molecule has 17 heavy (non-hydrogen) atoms. The Kier molecular flexibility index (Phi) is 4.72. The number of rotatable bonds is 5. The number of nitro groups is 1. The SMILES string of the molecule is CC(CN(C)C)Nc1c(Cl)cccc1[N+](=O)[O-]. The van der Waals surface area contributed by atoms with Crippen molar-refractivity contribution in [3.05, 3.63) is 33.3 Å². The van der Waals surface area contributed by atoms with E-state index in [1.807, 2.05) is 25.9 Å². The van der Waals surface area contributed by atoms with Gasteiger partial charge in [-0.1, -0.05) is 17.7 Å². The van der Waals surface area contributed by atoms with E-state index in [1.165, 1.54) is 6.07 Å². The summed E-state index contributed by atoms with van der Waals surface area (Å²) in [5, 5.41) is 14.3. The topological polar surface area (TPSA) is 58.4 Å². The van der Waals surface area contributed by atoms with Gasteiger partial charge < -0.3 is 10.2 Å². The van der Waals surface area contributed by atoms with Crippen LogP contribution in [0, 0.1) is 10.1 Å². The minimum Gasteiger partial charge on any atom is -0.375 e. The van der Waals surface area contributed by atoms with Gasteiger partial charge in [0.25, 0.3) is 5.69 Å². The van der Waals surface area contributed by atoms with Crippen LogP contribution in [0.2, 0.25) is 5.02 Å². The molecule has 0 aliphatic carbocycles. The van der Waals surface area contributed by atoms with Crippen LogP contribution in [0.15, 0.2) is 18.2 Å². The Morgan fingerprint density at radius 2 is 2.18 bits per heavy atom. The summed E-state index contributed by atoms with van der Waals surface area (Å²) in [4.78, 5) is 12.4. The maximum absolute atomic E-state index is 10.9. The first-order valence-electron chi connectivity index (χ1n) is 5.26. The van der Waals surface area contributed by atoms with E-state index in [1.54, 1.807) is 12.1 Å². The van der Waals surface area contributed by atoms with E-state index in [9.17, 15) is 10.1 Å². The molecule has 1 aromatic rings. The van der Waals surface area contributed by atoms with Crippen LogP contribution in [-0.4, -0.2) is 36.5 Å². The molecule has 0 bridgehead atoms. The second-order valence-electron chi connectivity index (χ2n) is 4.20. The molecule has 0 amide bonds. The molecule has 0 aliphatic heterocycles. The van der Waals surface area contributed by atoms with E-state index in [-0.39, 0.29) is 11.7 Å². The molecule has 94 valence electrons. The van der Waals surface area contributed by atoms with Gasteiger partial charge in [0, 0.05) is 18.7 Å². The van der Waals surface area contributed by atoms with E-state index in [2.05, 4.69) is 5.32 Å². The lowest BCUT2D eigenvalue weighted by atomic mass is 10.2. The van der Waals surface area contributed by atoms with Gasteiger partial charge in [-0.25, -0.2) is 0 Å². The quantitative estimate of drug-likeness (QED) is 0.651. The first kappa shape index (κ1) is 13.7. The van der Waals surface area contributed by atoms with Crippen LogP contribution in [0.25, 0.3) is 0 Å². The van der Waals surface area contributed by atoms with Crippen molar-refractivity contribution in [1.82, 2.24) is 4.90 Å². The van der Waals surface area contributed by atoms with Gasteiger partial charge in [-0.15, -0.1) is 0 Å². The van der Waals surface area contributed by atoms with Crippen LogP contribution < -0.4 is 5.32 Å². The number of nitro benzene ring substituents is 1. The van der Waals surface area contributed by atoms with Crippen LogP contribution in [-0.2, 0) is 0 Å². The summed E-state index contributed by atoms with van der Waals surface area (Å²) in [6.07, 6.45) is 0. The smallest absolute Gasteiger partial charge is 0.293 e. The van der Waals surface area contributed by atoms with E-state index in [4.69, 9.17) is 11.6 Å². The number of nitrogens with zero attached hydrogens (tertiary/aromatic N) is 2. The van der Waals surface area contributed by atoms with E-state index in [0.29, 0.717) is 10.7 Å². The largest absolute Gasteiger partial charge is 0.375 e. The van der Waals surface area contributed by atoms with Crippen LogP contribution in [0.1, 0.15) is 6.92 Å². The molecule has 0 radical (unpaired) electrons. The third kappa shape index (κ3) is 3.87. The van der Waals surface area contributed by atoms with Gasteiger partial charge in [0.2, 0.25) is 0 Å². The number of anilines is 1. The minimum atomic E-state index is -0.434. The Labute approximate surface area is 106 Å². The van der Waals surface area contributed by atoms with Crippen LogP contribution >= 0.6 is 11.6 Å². The Morgan fingerprint density at radius 1 is 1.53 bits per heavy atom. The molecule has 0 aliphatic rings.